The van der Waals surface area contributed by atoms with Crippen LogP contribution in [0.1, 0.15) is 89.4 Å². The molecule has 1 unspecified atom stereocenters. The van der Waals surface area contributed by atoms with Crippen LogP contribution in [0.15, 0.2) is 16.9 Å². The molecule has 6 nitrogen and oxygen atoms in total. The highest BCUT2D eigenvalue weighted by atomic mass is 32.2. The van der Waals surface area contributed by atoms with Gasteiger partial charge in [0.15, 0.2) is 0 Å². The summed E-state index contributed by atoms with van der Waals surface area (Å²) in [7, 11) is 0. The molecule has 4 rings (SSSR count). The molecule has 1 saturated heterocycles. The van der Waals surface area contributed by atoms with Crippen LogP contribution in [0.2, 0.25) is 0 Å². The van der Waals surface area contributed by atoms with Gasteiger partial charge in [0.2, 0.25) is 0 Å². The fourth-order valence-corrected chi connectivity index (χ4v) is 4.70. The minimum atomic E-state index is -1.34. The van der Waals surface area contributed by atoms with Crippen molar-refractivity contribution in [2.45, 2.75) is 82.7 Å². The number of rotatable bonds is 5. The fourth-order valence-electron chi connectivity index (χ4n) is 3.90. The van der Waals surface area contributed by atoms with E-state index < -0.39 is 28.0 Å². The molecule has 1 aliphatic carbocycles. The Bertz CT molecular complexity index is 994. The number of hydrogen-bond acceptors (Lipinski definition) is 5. The van der Waals surface area contributed by atoms with Gasteiger partial charge < -0.3 is 9.29 Å². The van der Waals surface area contributed by atoms with E-state index >= 15 is 0 Å². The van der Waals surface area contributed by atoms with Gasteiger partial charge in [0.1, 0.15) is 22.5 Å². The molecule has 2 aromatic rings. The molecule has 8 heteroatoms. The molecule has 0 radical (unpaired) electrons. The first-order valence-corrected chi connectivity index (χ1v) is 11.9. The number of aromatic nitrogens is 2. The first kappa shape index (κ1) is 21.7. The molecule has 2 fully saturated rings. The molecule has 1 aromatic carbocycles. The van der Waals surface area contributed by atoms with Crippen molar-refractivity contribution in [3.05, 3.63) is 39.7 Å². The van der Waals surface area contributed by atoms with Gasteiger partial charge >= 0.3 is 0 Å². The van der Waals surface area contributed by atoms with Crippen molar-refractivity contribution >= 4 is 22.3 Å². The Hall–Kier alpha value is -1.48. The second-order valence-corrected chi connectivity index (χ2v) is 11.3. The monoisotopic (exact) mass is 435 g/mol. The molecule has 0 spiro atoms. The van der Waals surface area contributed by atoms with E-state index in [2.05, 4.69) is 4.72 Å². The SMILES string of the molecule is C[C@@H](N[S+]([O-])C(C)(C)C)c1cc(F)cc2c(=O)n(C3CC3)c([C@H]3CCCCO3)nc12. The molecule has 1 aromatic heterocycles. The Morgan fingerprint density at radius 1 is 1.30 bits per heavy atom. The minimum absolute atomic E-state index is 0.116. The Morgan fingerprint density at radius 2 is 2.03 bits per heavy atom. The highest BCUT2D eigenvalue weighted by Crippen LogP contribution is 2.38. The quantitative estimate of drug-likeness (QED) is 0.711. The minimum Gasteiger partial charge on any atom is -0.598 e. The highest BCUT2D eigenvalue weighted by molar-refractivity contribution is 7.90. The average Bonchev–Trinajstić information content (AvgIpc) is 3.52. The van der Waals surface area contributed by atoms with Crippen LogP contribution in [-0.2, 0) is 16.1 Å². The molecule has 30 heavy (non-hydrogen) atoms. The molecule has 0 bridgehead atoms. The summed E-state index contributed by atoms with van der Waals surface area (Å²) in [4.78, 5) is 18.3. The lowest BCUT2D eigenvalue weighted by Gasteiger charge is -2.28. The molecular weight excluding hydrogens is 405 g/mol. The van der Waals surface area contributed by atoms with Crippen LogP contribution in [0.5, 0.6) is 0 Å². The first-order chi connectivity index (χ1) is 14.2. The zero-order chi connectivity index (χ0) is 21.6. The topological polar surface area (TPSA) is 79.2 Å². The maximum Gasteiger partial charge on any atom is 0.261 e. The van der Waals surface area contributed by atoms with Crippen LogP contribution in [-0.4, -0.2) is 25.5 Å². The summed E-state index contributed by atoms with van der Waals surface area (Å²) in [6, 6.07) is 2.34. The Labute approximate surface area is 179 Å². The largest absolute Gasteiger partial charge is 0.598 e. The van der Waals surface area contributed by atoms with Crippen molar-refractivity contribution in [1.29, 1.82) is 0 Å². The third kappa shape index (κ3) is 4.28. The molecule has 0 amide bonds. The van der Waals surface area contributed by atoms with Gasteiger partial charge in [0, 0.05) is 29.6 Å². The van der Waals surface area contributed by atoms with Gasteiger partial charge in [0.05, 0.1) is 16.9 Å². The number of nitrogens with zero attached hydrogens (tertiary/aromatic N) is 2. The van der Waals surface area contributed by atoms with Crippen LogP contribution in [0.3, 0.4) is 0 Å². The smallest absolute Gasteiger partial charge is 0.261 e. The number of nitrogens with one attached hydrogen (secondary N) is 1. The van der Waals surface area contributed by atoms with Crippen molar-refractivity contribution < 1.29 is 13.7 Å². The van der Waals surface area contributed by atoms with Crippen LogP contribution in [0.25, 0.3) is 10.9 Å². The highest BCUT2D eigenvalue weighted by Gasteiger charge is 2.34. The lowest BCUT2D eigenvalue weighted by Crippen LogP contribution is -2.40. The molecular formula is C22H30FN3O3S. The number of benzene rings is 1. The Kier molecular flexibility index (Phi) is 5.96. The Morgan fingerprint density at radius 3 is 2.63 bits per heavy atom. The third-order valence-corrected chi connectivity index (χ3v) is 7.39. The van der Waals surface area contributed by atoms with Gasteiger partial charge in [-0.3, -0.25) is 9.36 Å². The summed E-state index contributed by atoms with van der Waals surface area (Å²) in [6.07, 6.45) is 4.50. The van der Waals surface area contributed by atoms with E-state index in [1.165, 1.54) is 12.1 Å². The van der Waals surface area contributed by atoms with Gasteiger partial charge in [-0.1, -0.05) is 0 Å². The number of hydrogen-bond donors (Lipinski definition) is 1. The van der Waals surface area contributed by atoms with Crippen molar-refractivity contribution in [2.75, 3.05) is 6.61 Å². The van der Waals surface area contributed by atoms with Crippen LogP contribution in [0, 0.1) is 5.82 Å². The zero-order valence-electron chi connectivity index (χ0n) is 18.0. The lowest BCUT2D eigenvalue weighted by molar-refractivity contribution is 0.00660. The van der Waals surface area contributed by atoms with E-state index in [-0.39, 0.29) is 23.1 Å². The molecule has 3 atom stereocenters. The predicted octanol–water partition coefficient (Wildman–Crippen LogP) is 4.22. The third-order valence-electron chi connectivity index (χ3n) is 5.71. The van der Waals surface area contributed by atoms with Crippen molar-refractivity contribution in [3.8, 4) is 0 Å². The normalized spacial score (nSPS) is 22.3. The molecule has 1 saturated carbocycles. The van der Waals surface area contributed by atoms with Gasteiger partial charge in [-0.2, -0.15) is 0 Å². The maximum atomic E-state index is 14.5. The van der Waals surface area contributed by atoms with Crippen molar-refractivity contribution in [3.63, 3.8) is 0 Å². The standard InChI is InChI=1S/C22H30FN3O3S/c1-13(25-30(28)22(2,3)4)16-11-14(23)12-17-19(16)24-20(18-7-5-6-10-29-18)26(21(17)27)15-8-9-15/h11-13,15,18,25H,5-10H2,1-4H3/t13-,18-,30?/m1/s1. The van der Waals surface area contributed by atoms with E-state index in [4.69, 9.17) is 9.72 Å². The zero-order valence-corrected chi connectivity index (χ0v) is 18.9. The summed E-state index contributed by atoms with van der Waals surface area (Å²) in [5.41, 5.74) is 0.796. The molecule has 2 aliphatic rings. The van der Waals surface area contributed by atoms with Crippen molar-refractivity contribution in [1.82, 2.24) is 14.3 Å². The fraction of sp³-hybridized carbons (Fsp3) is 0.636. The summed E-state index contributed by atoms with van der Waals surface area (Å²) < 4.78 is 37.4. The number of ether oxygens (including phenoxy) is 1. The van der Waals surface area contributed by atoms with E-state index in [1.807, 2.05) is 27.7 Å². The predicted molar refractivity (Wildman–Crippen MR) is 116 cm³/mol. The second kappa shape index (κ2) is 8.22. The van der Waals surface area contributed by atoms with Crippen LogP contribution < -0.4 is 10.3 Å². The average molecular weight is 436 g/mol. The summed E-state index contributed by atoms with van der Waals surface area (Å²) >= 11 is -1.34. The molecule has 1 aliphatic heterocycles. The van der Waals surface area contributed by atoms with Gasteiger partial charge in [0.25, 0.3) is 5.56 Å². The molecule has 1 N–H and O–H groups in total. The van der Waals surface area contributed by atoms with Gasteiger partial charge in [-0.25, -0.2) is 9.37 Å². The number of fused-ring (bicyclic) bond motifs is 1. The van der Waals surface area contributed by atoms with Crippen LogP contribution >= 0.6 is 0 Å². The summed E-state index contributed by atoms with van der Waals surface area (Å²) in [5, 5.41) is 0.270. The molecule has 164 valence electrons. The van der Waals surface area contributed by atoms with Gasteiger partial charge in [-0.15, -0.1) is 4.72 Å². The lowest BCUT2D eigenvalue weighted by atomic mass is 10.0. The van der Waals surface area contributed by atoms with E-state index in [9.17, 15) is 13.7 Å². The first-order valence-electron chi connectivity index (χ1n) is 10.7. The van der Waals surface area contributed by atoms with Gasteiger partial charge in [-0.05, 0) is 71.9 Å². The molecule has 2 heterocycles. The van der Waals surface area contributed by atoms with Crippen molar-refractivity contribution in [2.24, 2.45) is 0 Å². The van der Waals surface area contributed by atoms with E-state index in [0.29, 0.717) is 23.5 Å². The summed E-state index contributed by atoms with van der Waals surface area (Å²) in [5.74, 6) is 0.155. The summed E-state index contributed by atoms with van der Waals surface area (Å²) in [6.45, 7) is 8.09. The second-order valence-electron chi connectivity index (χ2n) is 9.34. The van der Waals surface area contributed by atoms with E-state index in [0.717, 1.165) is 32.1 Å². The maximum absolute atomic E-state index is 14.5. The number of halogens is 1. The Balaban J connectivity index is 1.85. The van der Waals surface area contributed by atoms with E-state index in [1.54, 1.807) is 4.57 Å². The van der Waals surface area contributed by atoms with Crippen LogP contribution in [0.4, 0.5) is 4.39 Å².